The Kier molecular flexibility index (Phi) is 6.34. The van der Waals surface area contributed by atoms with Crippen molar-refractivity contribution in [1.82, 2.24) is 0 Å². The third kappa shape index (κ3) is 3.81. The fourth-order valence-corrected chi connectivity index (χ4v) is 4.02. The second-order valence-electron chi connectivity index (χ2n) is 5.19. The molecule has 0 aliphatic carbocycles. The normalized spacial score (nSPS) is 13.1. The highest BCUT2D eigenvalue weighted by Crippen LogP contribution is 2.39. The fraction of sp³-hybridized carbons (Fsp3) is 0.625. The molecule has 0 heterocycles. The van der Waals surface area contributed by atoms with E-state index in [9.17, 15) is 4.39 Å². The first kappa shape index (κ1) is 15.7. The maximum atomic E-state index is 13.4. The minimum Gasteiger partial charge on any atom is -0.207 e. The monoisotopic (exact) mass is 314 g/mol. The molecule has 0 aromatic heterocycles. The minimum atomic E-state index is -0.129. The van der Waals surface area contributed by atoms with Crippen molar-refractivity contribution in [3.8, 4) is 0 Å². The summed E-state index contributed by atoms with van der Waals surface area (Å²) >= 11 is 3.86. The van der Waals surface area contributed by atoms with Crippen LogP contribution in [-0.4, -0.2) is 0 Å². The molecule has 0 radical (unpaired) electrons. The van der Waals surface area contributed by atoms with Crippen LogP contribution in [0.3, 0.4) is 0 Å². The van der Waals surface area contributed by atoms with Gasteiger partial charge in [-0.3, -0.25) is 0 Å². The Morgan fingerprint density at radius 2 is 1.50 bits per heavy atom. The fourth-order valence-electron chi connectivity index (χ4n) is 2.77. The Balaban J connectivity index is 3.03. The lowest BCUT2D eigenvalue weighted by Crippen LogP contribution is -2.10. The van der Waals surface area contributed by atoms with Crippen molar-refractivity contribution < 1.29 is 4.39 Å². The lowest BCUT2D eigenvalue weighted by molar-refractivity contribution is 0.433. The zero-order valence-corrected chi connectivity index (χ0v) is 13.5. The van der Waals surface area contributed by atoms with Gasteiger partial charge in [-0.05, 0) is 61.4 Å². The molecule has 1 aromatic carbocycles. The van der Waals surface area contributed by atoms with Crippen LogP contribution in [0, 0.1) is 25.6 Å². The molecule has 1 unspecified atom stereocenters. The highest BCUT2D eigenvalue weighted by Gasteiger charge is 2.22. The van der Waals surface area contributed by atoms with Crippen molar-refractivity contribution in [1.29, 1.82) is 0 Å². The van der Waals surface area contributed by atoms with E-state index in [1.165, 1.54) is 31.2 Å². The molecular formula is C16H24BrF. The summed E-state index contributed by atoms with van der Waals surface area (Å²) in [4.78, 5) is 0.345. The zero-order chi connectivity index (χ0) is 13.7. The van der Waals surface area contributed by atoms with E-state index in [2.05, 4.69) is 29.8 Å². The predicted molar refractivity (Wildman–Crippen MR) is 80.8 cm³/mol. The Morgan fingerprint density at radius 3 is 1.89 bits per heavy atom. The van der Waals surface area contributed by atoms with E-state index in [-0.39, 0.29) is 5.82 Å². The Hall–Kier alpha value is -0.370. The number of rotatable bonds is 6. The van der Waals surface area contributed by atoms with Crippen LogP contribution in [0.15, 0.2) is 12.1 Å². The number of halogens is 2. The molecule has 0 N–H and O–H groups in total. The number of aryl methyl sites for hydroxylation is 2. The molecule has 0 nitrogen and oxygen atoms in total. The maximum Gasteiger partial charge on any atom is 0.123 e. The lowest BCUT2D eigenvalue weighted by Gasteiger charge is -2.25. The van der Waals surface area contributed by atoms with Crippen LogP contribution in [0.4, 0.5) is 4.39 Å². The van der Waals surface area contributed by atoms with Crippen molar-refractivity contribution in [2.75, 3.05) is 0 Å². The number of hydrogen-bond acceptors (Lipinski definition) is 0. The van der Waals surface area contributed by atoms with Crippen LogP contribution < -0.4 is 0 Å². The molecule has 0 saturated carbocycles. The SMILES string of the molecule is CCCC(CCC)C(Br)c1c(C)cc(F)cc1C. The van der Waals surface area contributed by atoms with Crippen LogP contribution in [0.2, 0.25) is 0 Å². The van der Waals surface area contributed by atoms with Gasteiger partial charge in [-0.25, -0.2) is 4.39 Å². The van der Waals surface area contributed by atoms with Crippen LogP contribution in [-0.2, 0) is 0 Å². The standard InChI is InChI=1S/C16H24BrF/c1-5-7-13(8-6-2)16(17)15-11(3)9-14(18)10-12(15)4/h9-10,13,16H,5-8H2,1-4H3. The third-order valence-corrected chi connectivity index (χ3v) is 4.77. The molecule has 0 bridgehead atoms. The summed E-state index contributed by atoms with van der Waals surface area (Å²) in [5, 5.41) is 0. The van der Waals surface area contributed by atoms with E-state index in [1.54, 1.807) is 12.1 Å². The minimum absolute atomic E-state index is 0.129. The highest BCUT2D eigenvalue weighted by molar-refractivity contribution is 9.09. The molecule has 0 aliphatic heterocycles. The summed E-state index contributed by atoms with van der Waals surface area (Å²) in [6.45, 7) is 8.47. The molecule has 1 atom stereocenters. The molecule has 0 spiro atoms. The molecule has 0 saturated heterocycles. The van der Waals surface area contributed by atoms with Crippen LogP contribution in [0.25, 0.3) is 0 Å². The zero-order valence-electron chi connectivity index (χ0n) is 11.9. The van der Waals surface area contributed by atoms with Crippen molar-refractivity contribution in [2.24, 2.45) is 5.92 Å². The van der Waals surface area contributed by atoms with E-state index in [0.29, 0.717) is 10.7 Å². The lowest BCUT2D eigenvalue weighted by atomic mass is 9.87. The number of benzene rings is 1. The average molecular weight is 315 g/mol. The maximum absolute atomic E-state index is 13.4. The average Bonchev–Trinajstić information content (AvgIpc) is 2.27. The predicted octanol–water partition coefficient (Wildman–Crippen LogP) is 6.09. The van der Waals surface area contributed by atoms with Crippen molar-refractivity contribution in [2.45, 2.75) is 58.2 Å². The molecule has 0 fully saturated rings. The van der Waals surface area contributed by atoms with Gasteiger partial charge in [0.1, 0.15) is 5.82 Å². The first-order valence-electron chi connectivity index (χ1n) is 6.91. The summed E-state index contributed by atoms with van der Waals surface area (Å²) < 4.78 is 13.4. The summed E-state index contributed by atoms with van der Waals surface area (Å²) in [5.74, 6) is 0.513. The Morgan fingerprint density at radius 1 is 1.06 bits per heavy atom. The first-order chi connectivity index (χ1) is 8.51. The van der Waals surface area contributed by atoms with Gasteiger partial charge in [-0.1, -0.05) is 42.6 Å². The van der Waals surface area contributed by atoms with Gasteiger partial charge >= 0.3 is 0 Å². The van der Waals surface area contributed by atoms with Gasteiger partial charge in [0, 0.05) is 4.83 Å². The third-order valence-electron chi connectivity index (χ3n) is 3.57. The van der Waals surface area contributed by atoms with Gasteiger partial charge in [0.15, 0.2) is 0 Å². The summed E-state index contributed by atoms with van der Waals surface area (Å²) in [5.41, 5.74) is 3.40. The molecular weight excluding hydrogens is 291 g/mol. The van der Waals surface area contributed by atoms with Gasteiger partial charge in [0.2, 0.25) is 0 Å². The summed E-state index contributed by atoms with van der Waals surface area (Å²) in [6, 6.07) is 3.29. The second-order valence-corrected chi connectivity index (χ2v) is 6.18. The van der Waals surface area contributed by atoms with Crippen LogP contribution >= 0.6 is 15.9 Å². The van der Waals surface area contributed by atoms with E-state index >= 15 is 0 Å². The smallest absolute Gasteiger partial charge is 0.123 e. The molecule has 0 amide bonds. The molecule has 0 aliphatic rings. The van der Waals surface area contributed by atoms with Crippen molar-refractivity contribution in [3.05, 3.63) is 34.6 Å². The molecule has 102 valence electrons. The van der Waals surface area contributed by atoms with Gasteiger partial charge in [-0.15, -0.1) is 0 Å². The highest BCUT2D eigenvalue weighted by atomic mass is 79.9. The number of hydrogen-bond donors (Lipinski definition) is 0. The Bertz CT molecular complexity index is 358. The van der Waals surface area contributed by atoms with Gasteiger partial charge in [0.25, 0.3) is 0 Å². The second kappa shape index (κ2) is 7.28. The topological polar surface area (TPSA) is 0 Å². The summed E-state index contributed by atoms with van der Waals surface area (Å²) in [7, 11) is 0. The molecule has 1 aromatic rings. The van der Waals surface area contributed by atoms with E-state index in [4.69, 9.17) is 0 Å². The van der Waals surface area contributed by atoms with E-state index in [1.807, 2.05) is 13.8 Å². The Labute approximate surface area is 119 Å². The largest absolute Gasteiger partial charge is 0.207 e. The molecule has 18 heavy (non-hydrogen) atoms. The molecule has 2 heteroatoms. The summed E-state index contributed by atoms with van der Waals surface area (Å²) in [6.07, 6.45) is 4.85. The first-order valence-corrected chi connectivity index (χ1v) is 7.83. The van der Waals surface area contributed by atoms with E-state index < -0.39 is 0 Å². The van der Waals surface area contributed by atoms with Crippen molar-refractivity contribution in [3.63, 3.8) is 0 Å². The van der Waals surface area contributed by atoms with Crippen LogP contribution in [0.1, 0.15) is 61.0 Å². The quantitative estimate of drug-likeness (QED) is 0.557. The van der Waals surface area contributed by atoms with E-state index in [0.717, 1.165) is 11.1 Å². The van der Waals surface area contributed by atoms with Crippen molar-refractivity contribution >= 4 is 15.9 Å². The van der Waals surface area contributed by atoms with Crippen LogP contribution in [0.5, 0.6) is 0 Å². The van der Waals surface area contributed by atoms with Gasteiger partial charge in [0.05, 0.1) is 0 Å². The van der Waals surface area contributed by atoms with Gasteiger partial charge < -0.3 is 0 Å². The number of alkyl halides is 1. The molecule has 1 rings (SSSR count). The van der Waals surface area contributed by atoms with Gasteiger partial charge in [-0.2, -0.15) is 0 Å².